The summed E-state index contributed by atoms with van der Waals surface area (Å²) in [6, 6.07) is 7.45. The Morgan fingerprint density at radius 2 is 1.08 bits per heavy atom. The van der Waals surface area contributed by atoms with E-state index in [1.165, 1.54) is 4.90 Å². The van der Waals surface area contributed by atoms with Gasteiger partial charge in [-0.25, -0.2) is 4.90 Å². The molecule has 0 spiro atoms. The number of hydrogen-bond acceptors (Lipinski definition) is 7. The van der Waals surface area contributed by atoms with E-state index in [2.05, 4.69) is 29.9 Å². The van der Waals surface area contributed by atoms with E-state index in [0.717, 1.165) is 5.56 Å². The molecule has 0 saturated carbocycles. The summed E-state index contributed by atoms with van der Waals surface area (Å²) in [4.78, 5) is 25.3. The lowest BCUT2D eigenvalue weighted by molar-refractivity contribution is 0.947. The molecular weight excluding hydrogens is 396 g/mol. The molecule has 122 valence electrons. The highest BCUT2D eigenvalue weighted by Gasteiger charge is 2.22. The third kappa shape index (κ3) is 3.64. The van der Waals surface area contributed by atoms with Gasteiger partial charge in [0.15, 0.2) is 0 Å². The fraction of sp³-hybridized carbons (Fsp3) is 0.0769. The van der Waals surface area contributed by atoms with Gasteiger partial charge in [0, 0.05) is 0 Å². The number of aromatic nitrogens is 6. The Kier molecular flexibility index (Phi) is 4.96. The highest BCUT2D eigenvalue weighted by molar-refractivity contribution is 6.31. The van der Waals surface area contributed by atoms with Crippen LogP contribution in [0.25, 0.3) is 0 Å². The average molecular weight is 403 g/mol. The molecule has 0 aliphatic rings. The second kappa shape index (κ2) is 6.98. The zero-order valence-corrected chi connectivity index (χ0v) is 15.0. The number of rotatable bonds is 3. The number of para-hydroxylation sites is 1. The van der Waals surface area contributed by atoms with Crippen molar-refractivity contribution in [3.05, 3.63) is 51.0 Å². The molecule has 0 unspecified atom stereocenters. The molecule has 0 N–H and O–H groups in total. The van der Waals surface area contributed by atoms with Crippen LogP contribution in [0.3, 0.4) is 0 Å². The molecular formula is C13H7Cl4N7. The number of benzene rings is 1. The Labute approximate surface area is 156 Å². The van der Waals surface area contributed by atoms with E-state index in [-0.39, 0.29) is 33.0 Å². The molecule has 2 aromatic heterocycles. The van der Waals surface area contributed by atoms with Gasteiger partial charge in [-0.05, 0) is 65.0 Å². The molecule has 0 aliphatic heterocycles. The lowest BCUT2D eigenvalue weighted by atomic mass is 10.2. The Balaban J connectivity index is 2.26. The summed E-state index contributed by atoms with van der Waals surface area (Å²) < 4.78 is 0. The van der Waals surface area contributed by atoms with Gasteiger partial charge in [0.25, 0.3) is 0 Å². The SMILES string of the molecule is Cc1ccccc1N(c1nc(Cl)nc(Cl)n1)c1nc(Cl)nc(Cl)n1. The maximum Gasteiger partial charge on any atom is 0.242 e. The topological polar surface area (TPSA) is 80.6 Å². The van der Waals surface area contributed by atoms with Crippen LogP contribution in [0.15, 0.2) is 24.3 Å². The van der Waals surface area contributed by atoms with Crippen molar-refractivity contribution in [3.63, 3.8) is 0 Å². The quantitative estimate of drug-likeness (QED) is 0.639. The van der Waals surface area contributed by atoms with Crippen molar-refractivity contribution in [2.45, 2.75) is 6.92 Å². The van der Waals surface area contributed by atoms with Gasteiger partial charge in [-0.15, -0.1) is 0 Å². The van der Waals surface area contributed by atoms with E-state index in [9.17, 15) is 0 Å². The Morgan fingerprint density at radius 1 is 0.667 bits per heavy atom. The first-order valence-electron chi connectivity index (χ1n) is 6.44. The van der Waals surface area contributed by atoms with E-state index >= 15 is 0 Å². The van der Waals surface area contributed by atoms with E-state index in [1.807, 2.05) is 31.2 Å². The summed E-state index contributed by atoms with van der Waals surface area (Å²) in [6.45, 7) is 1.90. The third-order valence-electron chi connectivity index (χ3n) is 2.89. The van der Waals surface area contributed by atoms with Crippen LogP contribution in [0.2, 0.25) is 21.1 Å². The summed E-state index contributed by atoms with van der Waals surface area (Å²) in [5.74, 6) is 0.236. The molecule has 7 nitrogen and oxygen atoms in total. The predicted molar refractivity (Wildman–Crippen MR) is 92.7 cm³/mol. The molecule has 2 heterocycles. The first-order valence-corrected chi connectivity index (χ1v) is 7.95. The zero-order valence-electron chi connectivity index (χ0n) is 12.0. The Morgan fingerprint density at radius 3 is 1.50 bits per heavy atom. The van der Waals surface area contributed by atoms with Crippen LogP contribution in [-0.4, -0.2) is 29.9 Å². The van der Waals surface area contributed by atoms with Crippen molar-refractivity contribution >= 4 is 64.0 Å². The minimum atomic E-state index is -0.0742. The highest BCUT2D eigenvalue weighted by atomic mass is 35.5. The van der Waals surface area contributed by atoms with Gasteiger partial charge in [0.05, 0.1) is 5.69 Å². The molecule has 3 aromatic rings. The predicted octanol–water partition coefficient (Wildman–Crippen LogP) is 4.45. The minimum absolute atomic E-state index is 0.0742. The van der Waals surface area contributed by atoms with Gasteiger partial charge in [-0.2, -0.15) is 29.9 Å². The molecule has 0 amide bonds. The maximum absolute atomic E-state index is 5.89. The van der Waals surface area contributed by atoms with Crippen LogP contribution >= 0.6 is 46.4 Å². The fourth-order valence-electron chi connectivity index (χ4n) is 1.95. The number of hydrogen-bond donors (Lipinski definition) is 0. The van der Waals surface area contributed by atoms with Gasteiger partial charge in [0.2, 0.25) is 33.0 Å². The van der Waals surface area contributed by atoms with Crippen molar-refractivity contribution in [2.24, 2.45) is 0 Å². The van der Waals surface area contributed by atoms with Crippen LogP contribution < -0.4 is 4.90 Å². The van der Waals surface area contributed by atoms with Crippen molar-refractivity contribution in [2.75, 3.05) is 4.90 Å². The molecule has 24 heavy (non-hydrogen) atoms. The molecule has 0 aliphatic carbocycles. The van der Waals surface area contributed by atoms with Gasteiger partial charge in [0.1, 0.15) is 0 Å². The van der Waals surface area contributed by atoms with Gasteiger partial charge >= 0.3 is 0 Å². The highest BCUT2D eigenvalue weighted by Crippen LogP contribution is 2.33. The Bertz CT molecular complexity index is 813. The van der Waals surface area contributed by atoms with Crippen molar-refractivity contribution in [1.82, 2.24) is 29.9 Å². The van der Waals surface area contributed by atoms with Gasteiger partial charge < -0.3 is 0 Å². The second-order valence-electron chi connectivity index (χ2n) is 4.47. The van der Waals surface area contributed by atoms with E-state index in [1.54, 1.807) is 0 Å². The van der Waals surface area contributed by atoms with Gasteiger partial charge in [-0.1, -0.05) is 18.2 Å². The lowest BCUT2D eigenvalue weighted by Crippen LogP contribution is -2.18. The smallest absolute Gasteiger partial charge is 0.242 e. The Hall–Kier alpha value is -1.80. The summed E-state index contributed by atoms with van der Waals surface area (Å²) in [7, 11) is 0. The third-order valence-corrected chi connectivity index (χ3v) is 3.57. The van der Waals surface area contributed by atoms with Crippen molar-refractivity contribution in [3.8, 4) is 0 Å². The second-order valence-corrected chi connectivity index (χ2v) is 5.82. The largest absolute Gasteiger partial charge is 0.246 e. The van der Waals surface area contributed by atoms with Crippen LogP contribution in [0.5, 0.6) is 0 Å². The van der Waals surface area contributed by atoms with Gasteiger partial charge in [-0.3, -0.25) is 0 Å². The normalized spacial score (nSPS) is 10.7. The van der Waals surface area contributed by atoms with Crippen LogP contribution in [-0.2, 0) is 0 Å². The molecule has 3 rings (SSSR count). The number of aryl methyl sites for hydroxylation is 1. The monoisotopic (exact) mass is 401 g/mol. The first-order chi connectivity index (χ1) is 11.4. The summed E-state index contributed by atoms with van der Waals surface area (Å²) in [6.07, 6.45) is 0. The van der Waals surface area contributed by atoms with E-state index in [4.69, 9.17) is 46.4 Å². The molecule has 0 atom stereocenters. The zero-order chi connectivity index (χ0) is 17.3. The molecule has 0 radical (unpaired) electrons. The molecule has 0 saturated heterocycles. The molecule has 0 bridgehead atoms. The molecule has 0 fully saturated rings. The lowest BCUT2D eigenvalue weighted by Gasteiger charge is -2.22. The van der Waals surface area contributed by atoms with E-state index in [0.29, 0.717) is 5.69 Å². The maximum atomic E-state index is 5.89. The first kappa shape index (κ1) is 17.0. The average Bonchev–Trinajstić information content (AvgIpc) is 2.47. The number of halogens is 4. The summed E-state index contributed by atoms with van der Waals surface area (Å²) in [5.41, 5.74) is 1.59. The fourth-order valence-corrected chi connectivity index (χ4v) is 2.66. The summed E-state index contributed by atoms with van der Waals surface area (Å²) in [5, 5.41) is -0.297. The molecule has 1 aromatic carbocycles. The number of anilines is 3. The standard InChI is InChI=1S/C13H7Cl4N7/c1-6-4-2-3-5-7(6)24(12-20-8(14)18-9(15)21-12)13-22-10(16)19-11(17)23-13/h2-5H,1H3. The van der Waals surface area contributed by atoms with Crippen LogP contribution in [0.4, 0.5) is 17.6 Å². The minimum Gasteiger partial charge on any atom is -0.246 e. The van der Waals surface area contributed by atoms with Crippen molar-refractivity contribution in [1.29, 1.82) is 0 Å². The number of nitrogens with zero attached hydrogens (tertiary/aromatic N) is 7. The molecule has 11 heteroatoms. The summed E-state index contributed by atoms with van der Waals surface area (Å²) >= 11 is 23.6. The van der Waals surface area contributed by atoms with E-state index < -0.39 is 0 Å². The van der Waals surface area contributed by atoms with Crippen LogP contribution in [0, 0.1) is 6.92 Å². The van der Waals surface area contributed by atoms with Crippen LogP contribution in [0.1, 0.15) is 5.56 Å². The van der Waals surface area contributed by atoms with Crippen molar-refractivity contribution < 1.29 is 0 Å².